The number of ether oxygens (including phenoxy) is 1. The molecular weight excluding hydrogens is 373 g/mol. The Morgan fingerprint density at radius 1 is 1.17 bits per heavy atom. The molecule has 0 atom stereocenters. The van der Waals surface area contributed by atoms with Gasteiger partial charge in [-0.3, -0.25) is 14.2 Å². The highest BCUT2D eigenvalue weighted by Gasteiger charge is 2.12. The van der Waals surface area contributed by atoms with Gasteiger partial charge < -0.3 is 10.1 Å². The van der Waals surface area contributed by atoms with E-state index in [4.69, 9.17) is 4.74 Å². The Labute approximate surface area is 166 Å². The Morgan fingerprint density at radius 3 is 2.62 bits per heavy atom. The maximum atomic E-state index is 14.0. The molecule has 2 aromatic carbocycles. The van der Waals surface area contributed by atoms with Gasteiger partial charge in [-0.2, -0.15) is 10.2 Å². The summed E-state index contributed by atoms with van der Waals surface area (Å²) in [7, 11) is 3.21. The molecule has 0 aliphatic carbocycles. The minimum Gasteiger partial charge on any atom is -0.494 e. The van der Waals surface area contributed by atoms with Crippen molar-refractivity contribution in [3.8, 4) is 16.9 Å². The Balaban J connectivity index is 1.56. The number of carbonyl (C=O) groups is 1. The molecule has 7 nitrogen and oxygen atoms in total. The lowest BCUT2D eigenvalue weighted by molar-refractivity contribution is -0.116. The molecule has 1 amide bonds. The fourth-order valence-corrected chi connectivity index (χ4v) is 3.28. The monoisotopic (exact) mass is 393 g/mol. The first-order valence-electron chi connectivity index (χ1n) is 9.04. The molecular formula is C21H20FN5O2. The van der Waals surface area contributed by atoms with Crippen LogP contribution in [-0.4, -0.2) is 32.6 Å². The number of aryl methyl sites for hydroxylation is 2. The van der Waals surface area contributed by atoms with E-state index in [-0.39, 0.29) is 18.2 Å². The summed E-state index contributed by atoms with van der Waals surface area (Å²) in [6.07, 6.45) is 1.69. The van der Waals surface area contributed by atoms with Crippen LogP contribution in [0.25, 0.3) is 22.0 Å². The van der Waals surface area contributed by atoms with E-state index in [9.17, 15) is 9.18 Å². The number of rotatable bonds is 5. The van der Waals surface area contributed by atoms with Gasteiger partial charge in [-0.25, -0.2) is 4.39 Å². The SMILES string of the molecule is COc1ccc(-c2ccc3c(cnn3CC(=O)Nc3cc(C)nn3C)c2)cc1F. The van der Waals surface area contributed by atoms with Crippen LogP contribution >= 0.6 is 0 Å². The molecule has 0 unspecified atom stereocenters. The van der Waals surface area contributed by atoms with Gasteiger partial charge in [0.15, 0.2) is 11.6 Å². The van der Waals surface area contributed by atoms with E-state index in [1.807, 2.05) is 25.1 Å². The smallest absolute Gasteiger partial charge is 0.247 e. The first-order chi connectivity index (χ1) is 13.9. The van der Waals surface area contributed by atoms with Crippen molar-refractivity contribution < 1.29 is 13.9 Å². The van der Waals surface area contributed by atoms with Crippen molar-refractivity contribution in [3.63, 3.8) is 0 Å². The largest absolute Gasteiger partial charge is 0.494 e. The standard InChI is InChI=1S/C21H20FN5O2/c1-13-8-20(26(2)25-13)24-21(28)12-27-18-6-4-14(9-16(18)11-23-27)15-5-7-19(29-3)17(22)10-15/h4-11H,12H2,1-3H3,(H,24,28). The first-order valence-corrected chi connectivity index (χ1v) is 9.04. The van der Waals surface area contributed by atoms with E-state index in [1.165, 1.54) is 13.2 Å². The van der Waals surface area contributed by atoms with E-state index < -0.39 is 5.82 Å². The Kier molecular flexibility index (Phi) is 4.75. The summed E-state index contributed by atoms with van der Waals surface area (Å²) in [6, 6.07) is 12.3. The van der Waals surface area contributed by atoms with Crippen molar-refractivity contribution in [1.29, 1.82) is 0 Å². The molecule has 0 saturated carbocycles. The number of nitrogens with zero attached hydrogens (tertiary/aromatic N) is 4. The highest BCUT2D eigenvalue weighted by molar-refractivity contribution is 5.91. The summed E-state index contributed by atoms with van der Waals surface area (Å²) in [4.78, 5) is 12.4. The summed E-state index contributed by atoms with van der Waals surface area (Å²) in [5.74, 6) is 0.229. The molecule has 4 rings (SSSR count). The normalized spacial score (nSPS) is 11.0. The number of methoxy groups -OCH3 is 1. The number of hydrogen-bond donors (Lipinski definition) is 1. The molecule has 0 bridgehead atoms. The van der Waals surface area contributed by atoms with Crippen LogP contribution < -0.4 is 10.1 Å². The third kappa shape index (κ3) is 3.69. The number of carbonyl (C=O) groups excluding carboxylic acids is 1. The van der Waals surface area contributed by atoms with Crippen LogP contribution in [0, 0.1) is 12.7 Å². The fourth-order valence-electron chi connectivity index (χ4n) is 3.28. The van der Waals surface area contributed by atoms with Gasteiger partial charge in [0.05, 0.1) is 24.5 Å². The molecule has 148 valence electrons. The van der Waals surface area contributed by atoms with Crippen LogP contribution in [0.5, 0.6) is 5.75 Å². The maximum absolute atomic E-state index is 14.0. The lowest BCUT2D eigenvalue weighted by Crippen LogP contribution is -2.20. The number of hydrogen-bond acceptors (Lipinski definition) is 4. The zero-order chi connectivity index (χ0) is 20.5. The second-order valence-corrected chi connectivity index (χ2v) is 6.77. The molecule has 29 heavy (non-hydrogen) atoms. The number of aromatic nitrogens is 4. The lowest BCUT2D eigenvalue weighted by Gasteiger charge is -2.08. The van der Waals surface area contributed by atoms with Gasteiger partial charge in [-0.1, -0.05) is 12.1 Å². The van der Waals surface area contributed by atoms with Crippen LogP contribution in [0.2, 0.25) is 0 Å². The average Bonchev–Trinajstić information content (AvgIpc) is 3.23. The van der Waals surface area contributed by atoms with E-state index >= 15 is 0 Å². The van der Waals surface area contributed by atoms with Gasteiger partial charge in [0.2, 0.25) is 5.91 Å². The molecule has 0 fully saturated rings. The number of amides is 1. The number of fused-ring (bicyclic) bond motifs is 1. The minimum absolute atomic E-state index is 0.0736. The first kappa shape index (κ1) is 18.7. The molecule has 0 aliphatic heterocycles. The van der Waals surface area contributed by atoms with Gasteiger partial charge in [-0.15, -0.1) is 0 Å². The Hall–Kier alpha value is -3.68. The summed E-state index contributed by atoms with van der Waals surface area (Å²) in [5, 5.41) is 12.2. The highest BCUT2D eigenvalue weighted by Crippen LogP contribution is 2.28. The fraction of sp³-hybridized carbons (Fsp3) is 0.190. The van der Waals surface area contributed by atoms with Crippen molar-refractivity contribution >= 4 is 22.6 Å². The van der Waals surface area contributed by atoms with Crippen molar-refractivity contribution in [2.75, 3.05) is 12.4 Å². The van der Waals surface area contributed by atoms with Crippen molar-refractivity contribution in [3.05, 3.63) is 60.2 Å². The molecule has 4 aromatic rings. The third-order valence-corrected chi connectivity index (χ3v) is 4.69. The van der Waals surface area contributed by atoms with Crippen LogP contribution in [0.3, 0.4) is 0 Å². The molecule has 0 aliphatic rings. The van der Waals surface area contributed by atoms with E-state index in [0.29, 0.717) is 5.82 Å². The summed E-state index contributed by atoms with van der Waals surface area (Å²) in [6.45, 7) is 1.94. The van der Waals surface area contributed by atoms with Gasteiger partial charge in [-0.05, 0) is 42.3 Å². The van der Waals surface area contributed by atoms with E-state index in [1.54, 1.807) is 40.8 Å². The van der Waals surface area contributed by atoms with Gasteiger partial charge >= 0.3 is 0 Å². The Bertz CT molecular complexity index is 1210. The zero-order valence-electron chi connectivity index (χ0n) is 16.3. The molecule has 0 saturated heterocycles. The van der Waals surface area contributed by atoms with E-state index in [2.05, 4.69) is 15.5 Å². The second kappa shape index (κ2) is 7.38. The minimum atomic E-state index is -0.414. The topological polar surface area (TPSA) is 74.0 Å². The maximum Gasteiger partial charge on any atom is 0.247 e. The Morgan fingerprint density at radius 2 is 1.93 bits per heavy atom. The van der Waals surface area contributed by atoms with Crippen LogP contribution in [0.15, 0.2) is 48.7 Å². The molecule has 2 aromatic heterocycles. The summed E-state index contributed by atoms with van der Waals surface area (Å²) < 4.78 is 22.2. The average molecular weight is 393 g/mol. The predicted molar refractivity (Wildman–Crippen MR) is 108 cm³/mol. The second-order valence-electron chi connectivity index (χ2n) is 6.77. The number of benzene rings is 2. The molecule has 0 spiro atoms. The number of nitrogens with one attached hydrogen (secondary N) is 1. The van der Waals surface area contributed by atoms with Crippen molar-refractivity contribution in [1.82, 2.24) is 19.6 Å². The molecule has 2 heterocycles. The van der Waals surface area contributed by atoms with Gasteiger partial charge in [0.25, 0.3) is 0 Å². The number of halogens is 1. The number of anilines is 1. The quantitative estimate of drug-likeness (QED) is 0.563. The summed E-state index contributed by atoms with van der Waals surface area (Å²) in [5.41, 5.74) is 3.24. The predicted octanol–water partition coefficient (Wildman–Crippen LogP) is 3.53. The third-order valence-electron chi connectivity index (χ3n) is 4.69. The lowest BCUT2D eigenvalue weighted by atomic mass is 10.0. The van der Waals surface area contributed by atoms with Crippen LogP contribution in [-0.2, 0) is 18.4 Å². The van der Waals surface area contributed by atoms with Gasteiger partial charge in [0.1, 0.15) is 12.4 Å². The molecule has 8 heteroatoms. The van der Waals surface area contributed by atoms with Crippen LogP contribution in [0.1, 0.15) is 5.69 Å². The van der Waals surface area contributed by atoms with Gasteiger partial charge in [0, 0.05) is 18.5 Å². The highest BCUT2D eigenvalue weighted by atomic mass is 19.1. The van der Waals surface area contributed by atoms with Crippen molar-refractivity contribution in [2.45, 2.75) is 13.5 Å². The van der Waals surface area contributed by atoms with Crippen molar-refractivity contribution in [2.24, 2.45) is 7.05 Å². The van der Waals surface area contributed by atoms with Crippen LogP contribution in [0.4, 0.5) is 10.2 Å². The zero-order valence-corrected chi connectivity index (χ0v) is 16.3. The molecule has 0 radical (unpaired) electrons. The molecule has 1 N–H and O–H groups in total. The van der Waals surface area contributed by atoms with E-state index in [0.717, 1.165) is 27.7 Å². The summed E-state index contributed by atoms with van der Waals surface area (Å²) >= 11 is 0.